The summed E-state index contributed by atoms with van der Waals surface area (Å²) in [6.07, 6.45) is 5.79. The zero-order chi connectivity index (χ0) is 16.9. The van der Waals surface area contributed by atoms with Gasteiger partial charge in [0.2, 0.25) is 5.75 Å². The number of aromatic nitrogens is 1. The highest BCUT2D eigenvalue weighted by molar-refractivity contribution is 5.91. The van der Waals surface area contributed by atoms with Crippen LogP contribution < -0.4 is 14.2 Å². The van der Waals surface area contributed by atoms with Crippen LogP contribution in [-0.2, 0) is 0 Å². The van der Waals surface area contributed by atoms with Crippen molar-refractivity contribution in [2.24, 2.45) is 0 Å². The second-order valence-corrected chi connectivity index (χ2v) is 5.21. The Kier molecular flexibility index (Phi) is 4.66. The average molecular weight is 321 g/mol. The molecular weight excluding hydrogens is 302 g/mol. The van der Waals surface area contributed by atoms with Crippen molar-refractivity contribution in [3.05, 3.63) is 59.9 Å². The molecular formula is C20H19NO3. The predicted molar refractivity (Wildman–Crippen MR) is 96.8 cm³/mol. The molecule has 0 radical (unpaired) electrons. The third kappa shape index (κ3) is 3.04. The van der Waals surface area contributed by atoms with E-state index in [0.29, 0.717) is 17.2 Å². The topological polar surface area (TPSA) is 40.6 Å². The smallest absolute Gasteiger partial charge is 0.203 e. The molecule has 0 saturated carbocycles. The largest absolute Gasteiger partial charge is 0.493 e. The number of benzene rings is 2. The molecule has 24 heavy (non-hydrogen) atoms. The number of pyridine rings is 1. The Hall–Kier alpha value is -3.01. The van der Waals surface area contributed by atoms with Crippen LogP contribution in [0, 0.1) is 0 Å². The van der Waals surface area contributed by atoms with Crippen molar-refractivity contribution < 1.29 is 14.2 Å². The Balaban J connectivity index is 2.02. The quantitative estimate of drug-likeness (QED) is 0.697. The van der Waals surface area contributed by atoms with Crippen LogP contribution in [-0.4, -0.2) is 26.3 Å². The summed E-state index contributed by atoms with van der Waals surface area (Å²) in [5.74, 6) is 1.84. The molecule has 3 aromatic rings. The second kappa shape index (κ2) is 7.04. The monoisotopic (exact) mass is 321 g/mol. The maximum atomic E-state index is 5.39. The van der Waals surface area contributed by atoms with Gasteiger partial charge in [0.25, 0.3) is 0 Å². The molecule has 4 heteroatoms. The number of hydrogen-bond acceptors (Lipinski definition) is 4. The summed E-state index contributed by atoms with van der Waals surface area (Å²) >= 11 is 0. The number of rotatable bonds is 5. The zero-order valence-corrected chi connectivity index (χ0v) is 13.9. The molecule has 0 aliphatic heterocycles. The van der Waals surface area contributed by atoms with Crippen molar-refractivity contribution in [1.82, 2.24) is 4.98 Å². The van der Waals surface area contributed by atoms with Gasteiger partial charge in [-0.05, 0) is 35.2 Å². The molecule has 0 fully saturated rings. The van der Waals surface area contributed by atoms with Crippen molar-refractivity contribution in [2.45, 2.75) is 0 Å². The minimum atomic E-state index is 0.584. The minimum Gasteiger partial charge on any atom is -0.493 e. The first-order chi connectivity index (χ1) is 11.8. The molecule has 1 aromatic heterocycles. The lowest BCUT2D eigenvalue weighted by Crippen LogP contribution is -1.95. The SMILES string of the molecule is COc1cc(C=Cc2nccc3ccccc23)cc(OC)c1OC. The van der Waals surface area contributed by atoms with E-state index in [-0.39, 0.29) is 0 Å². The lowest BCUT2D eigenvalue weighted by Gasteiger charge is -2.12. The average Bonchev–Trinajstić information content (AvgIpc) is 2.65. The molecule has 0 aliphatic rings. The van der Waals surface area contributed by atoms with E-state index in [0.717, 1.165) is 22.0 Å². The van der Waals surface area contributed by atoms with E-state index < -0.39 is 0 Å². The van der Waals surface area contributed by atoms with Gasteiger partial charge in [0.1, 0.15) is 0 Å². The summed E-state index contributed by atoms with van der Waals surface area (Å²) < 4.78 is 16.1. The number of fused-ring (bicyclic) bond motifs is 1. The summed E-state index contributed by atoms with van der Waals surface area (Å²) in [4.78, 5) is 4.47. The van der Waals surface area contributed by atoms with Crippen molar-refractivity contribution >= 4 is 22.9 Å². The first kappa shape index (κ1) is 15.9. The Morgan fingerprint density at radius 3 is 2.21 bits per heavy atom. The summed E-state index contributed by atoms with van der Waals surface area (Å²) in [6.45, 7) is 0. The fraction of sp³-hybridized carbons (Fsp3) is 0.150. The first-order valence-corrected chi connectivity index (χ1v) is 7.58. The van der Waals surface area contributed by atoms with Crippen LogP contribution in [0.5, 0.6) is 17.2 Å². The first-order valence-electron chi connectivity index (χ1n) is 7.58. The Labute approximate surface area is 141 Å². The van der Waals surface area contributed by atoms with E-state index in [1.165, 1.54) is 0 Å². The zero-order valence-electron chi connectivity index (χ0n) is 13.9. The lowest BCUT2D eigenvalue weighted by molar-refractivity contribution is 0.324. The van der Waals surface area contributed by atoms with E-state index in [1.807, 2.05) is 48.7 Å². The van der Waals surface area contributed by atoms with Crippen molar-refractivity contribution in [3.63, 3.8) is 0 Å². The molecule has 0 spiro atoms. The Morgan fingerprint density at radius 1 is 0.833 bits per heavy atom. The standard InChI is InChI=1S/C20H19NO3/c1-22-18-12-14(13-19(23-2)20(18)24-3)8-9-17-16-7-5-4-6-15(16)10-11-21-17/h4-13H,1-3H3. The highest BCUT2D eigenvalue weighted by Crippen LogP contribution is 2.38. The van der Waals surface area contributed by atoms with Crippen molar-refractivity contribution in [3.8, 4) is 17.2 Å². The number of hydrogen-bond donors (Lipinski definition) is 0. The number of methoxy groups -OCH3 is 3. The molecule has 0 aliphatic carbocycles. The van der Waals surface area contributed by atoms with Crippen LogP contribution in [0.3, 0.4) is 0 Å². The third-order valence-electron chi connectivity index (χ3n) is 3.83. The molecule has 0 N–H and O–H groups in total. The van der Waals surface area contributed by atoms with Gasteiger partial charge in [-0.3, -0.25) is 4.98 Å². The van der Waals surface area contributed by atoms with E-state index in [4.69, 9.17) is 14.2 Å². The Morgan fingerprint density at radius 2 is 1.54 bits per heavy atom. The number of nitrogens with zero attached hydrogens (tertiary/aromatic N) is 1. The summed E-state index contributed by atoms with van der Waals surface area (Å²) in [7, 11) is 4.81. The molecule has 0 atom stereocenters. The van der Waals surface area contributed by atoms with Gasteiger partial charge < -0.3 is 14.2 Å². The predicted octanol–water partition coefficient (Wildman–Crippen LogP) is 4.43. The number of ether oxygens (including phenoxy) is 3. The fourth-order valence-electron chi connectivity index (χ4n) is 2.65. The van der Waals surface area contributed by atoms with Crippen LogP contribution in [0.2, 0.25) is 0 Å². The van der Waals surface area contributed by atoms with Gasteiger partial charge in [0.05, 0.1) is 27.0 Å². The molecule has 3 rings (SSSR count). The van der Waals surface area contributed by atoms with E-state index in [9.17, 15) is 0 Å². The molecule has 2 aromatic carbocycles. The third-order valence-corrected chi connectivity index (χ3v) is 3.83. The van der Waals surface area contributed by atoms with E-state index >= 15 is 0 Å². The maximum Gasteiger partial charge on any atom is 0.203 e. The van der Waals surface area contributed by atoms with E-state index in [2.05, 4.69) is 17.1 Å². The van der Waals surface area contributed by atoms with Gasteiger partial charge >= 0.3 is 0 Å². The summed E-state index contributed by atoms with van der Waals surface area (Å²) in [5, 5.41) is 2.28. The lowest BCUT2D eigenvalue weighted by atomic mass is 10.1. The van der Waals surface area contributed by atoms with Gasteiger partial charge in [-0.25, -0.2) is 0 Å². The van der Waals surface area contributed by atoms with Crippen LogP contribution >= 0.6 is 0 Å². The molecule has 122 valence electrons. The molecule has 0 bridgehead atoms. The minimum absolute atomic E-state index is 0.584. The van der Waals surface area contributed by atoms with Gasteiger partial charge in [-0.2, -0.15) is 0 Å². The summed E-state index contributed by atoms with van der Waals surface area (Å²) in [5.41, 5.74) is 1.86. The second-order valence-electron chi connectivity index (χ2n) is 5.21. The summed E-state index contributed by atoms with van der Waals surface area (Å²) in [6, 6.07) is 14.0. The fourth-order valence-corrected chi connectivity index (χ4v) is 2.65. The van der Waals surface area contributed by atoms with Crippen LogP contribution in [0.15, 0.2) is 48.7 Å². The molecule has 0 unspecified atom stereocenters. The van der Waals surface area contributed by atoms with Crippen LogP contribution in [0.1, 0.15) is 11.3 Å². The molecule has 4 nitrogen and oxygen atoms in total. The van der Waals surface area contributed by atoms with Gasteiger partial charge in [0.15, 0.2) is 11.5 Å². The molecule has 1 heterocycles. The van der Waals surface area contributed by atoms with Crippen molar-refractivity contribution in [2.75, 3.05) is 21.3 Å². The van der Waals surface area contributed by atoms with Crippen molar-refractivity contribution in [1.29, 1.82) is 0 Å². The van der Waals surface area contributed by atoms with Crippen LogP contribution in [0.25, 0.3) is 22.9 Å². The highest BCUT2D eigenvalue weighted by Gasteiger charge is 2.12. The van der Waals surface area contributed by atoms with Gasteiger partial charge in [-0.15, -0.1) is 0 Å². The Bertz CT molecular complexity index is 857. The van der Waals surface area contributed by atoms with Gasteiger partial charge in [0, 0.05) is 11.6 Å². The molecule has 0 amide bonds. The highest BCUT2D eigenvalue weighted by atomic mass is 16.5. The molecule has 0 saturated heterocycles. The maximum absolute atomic E-state index is 5.39. The van der Waals surface area contributed by atoms with Crippen LogP contribution in [0.4, 0.5) is 0 Å². The van der Waals surface area contributed by atoms with E-state index in [1.54, 1.807) is 21.3 Å². The van der Waals surface area contributed by atoms with Gasteiger partial charge in [-0.1, -0.05) is 30.3 Å². The normalized spacial score (nSPS) is 11.0.